The van der Waals surface area contributed by atoms with Crippen LogP contribution < -0.4 is 5.32 Å². The molecule has 1 amide bonds. The van der Waals surface area contributed by atoms with Gasteiger partial charge in [-0.25, -0.2) is 0 Å². The van der Waals surface area contributed by atoms with Crippen LogP contribution in [0, 0.1) is 12.3 Å². The van der Waals surface area contributed by atoms with Crippen LogP contribution in [0.5, 0.6) is 0 Å². The number of hydrogen-bond acceptors (Lipinski definition) is 6. The number of hydrogen-bond donors (Lipinski definition) is 1. The van der Waals surface area contributed by atoms with Crippen LogP contribution >= 0.6 is 11.8 Å². The first-order valence-electron chi connectivity index (χ1n) is 6.65. The van der Waals surface area contributed by atoms with Gasteiger partial charge in [0.25, 0.3) is 5.22 Å². The van der Waals surface area contributed by atoms with E-state index >= 15 is 0 Å². The van der Waals surface area contributed by atoms with Crippen molar-refractivity contribution in [3.8, 4) is 12.3 Å². The van der Waals surface area contributed by atoms with E-state index < -0.39 is 0 Å². The summed E-state index contributed by atoms with van der Waals surface area (Å²) in [5.41, 5.74) is 0. The van der Waals surface area contributed by atoms with Crippen molar-refractivity contribution in [1.29, 1.82) is 0 Å². The zero-order valence-corrected chi connectivity index (χ0v) is 12.1. The summed E-state index contributed by atoms with van der Waals surface area (Å²) in [5.74, 6) is 3.05. The average molecular weight is 294 g/mol. The summed E-state index contributed by atoms with van der Waals surface area (Å²) in [6.45, 7) is 3.10. The summed E-state index contributed by atoms with van der Waals surface area (Å²) < 4.78 is 5.52. The van der Waals surface area contributed by atoms with Crippen molar-refractivity contribution in [2.75, 3.05) is 25.4 Å². The molecule has 0 spiro atoms. The van der Waals surface area contributed by atoms with E-state index in [2.05, 4.69) is 26.3 Å². The maximum absolute atomic E-state index is 11.4. The Balaban J connectivity index is 1.74. The fraction of sp³-hybridized carbons (Fsp3) is 0.615. The molecule has 1 aromatic heterocycles. The summed E-state index contributed by atoms with van der Waals surface area (Å²) in [4.78, 5) is 13.7. The van der Waals surface area contributed by atoms with Gasteiger partial charge >= 0.3 is 0 Å². The average Bonchev–Trinajstić information content (AvgIpc) is 2.91. The van der Waals surface area contributed by atoms with Crippen molar-refractivity contribution in [3.05, 3.63) is 5.89 Å². The van der Waals surface area contributed by atoms with Crippen molar-refractivity contribution < 1.29 is 9.21 Å². The van der Waals surface area contributed by atoms with E-state index in [-0.39, 0.29) is 18.2 Å². The lowest BCUT2D eigenvalue weighted by atomic mass is 10.1. The first kappa shape index (κ1) is 14.9. The van der Waals surface area contributed by atoms with Crippen LogP contribution in [0.25, 0.3) is 0 Å². The van der Waals surface area contributed by atoms with Crippen LogP contribution in [0.15, 0.2) is 9.64 Å². The minimum absolute atomic E-state index is 0.135. The summed E-state index contributed by atoms with van der Waals surface area (Å²) in [7, 11) is 0. The number of piperidine rings is 1. The molecule has 108 valence electrons. The molecule has 2 heterocycles. The number of carbonyl (C=O) groups excluding carboxylic acids is 1. The molecule has 1 aliphatic heterocycles. The van der Waals surface area contributed by atoms with Crippen LogP contribution in [-0.4, -0.2) is 46.4 Å². The van der Waals surface area contributed by atoms with Crippen molar-refractivity contribution in [2.45, 2.75) is 31.0 Å². The quantitative estimate of drug-likeness (QED) is 0.621. The summed E-state index contributed by atoms with van der Waals surface area (Å²) in [6.07, 6.45) is 8.81. The maximum Gasteiger partial charge on any atom is 0.277 e. The van der Waals surface area contributed by atoms with Crippen LogP contribution in [0.3, 0.4) is 0 Å². The molecule has 0 aromatic carbocycles. The van der Waals surface area contributed by atoms with Crippen LogP contribution in [0.2, 0.25) is 0 Å². The molecule has 6 nitrogen and oxygen atoms in total. The van der Waals surface area contributed by atoms with E-state index in [1.165, 1.54) is 31.0 Å². The minimum Gasteiger partial charge on any atom is -0.415 e. The molecule has 1 N–H and O–H groups in total. The molecule has 0 atom stereocenters. The number of terminal acetylenes is 1. The number of carbonyl (C=O) groups is 1. The van der Waals surface area contributed by atoms with Crippen LogP contribution in [-0.2, 0) is 11.3 Å². The SMILES string of the molecule is C#CCNC(=O)CSc1nnc(CN2CCCCC2)o1. The van der Waals surface area contributed by atoms with Gasteiger partial charge in [0.2, 0.25) is 11.8 Å². The monoisotopic (exact) mass is 294 g/mol. The fourth-order valence-electron chi connectivity index (χ4n) is 2.00. The predicted octanol–water partition coefficient (Wildman–Crippen LogP) is 0.897. The lowest BCUT2D eigenvalue weighted by Gasteiger charge is -2.24. The van der Waals surface area contributed by atoms with Crippen molar-refractivity contribution >= 4 is 17.7 Å². The molecule has 1 aromatic rings. The van der Waals surface area contributed by atoms with Gasteiger partial charge < -0.3 is 9.73 Å². The molecule has 1 saturated heterocycles. The molecule has 0 bridgehead atoms. The number of rotatable bonds is 6. The molecular formula is C13H18N4O2S. The molecule has 0 radical (unpaired) electrons. The molecule has 1 aliphatic rings. The van der Waals surface area contributed by atoms with Gasteiger partial charge in [0.15, 0.2) is 0 Å². The third-order valence-electron chi connectivity index (χ3n) is 2.97. The molecule has 20 heavy (non-hydrogen) atoms. The van der Waals surface area contributed by atoms with Crippen LogP contribution in [0.1, 0.15) is 25.2 Å². The summed E-state index contributed by atoms with van der Waals surface area (Å²) in [5, 5.41) is 10.9. The number of amides is 1. The highest BCUT2D eigenvalue weighted by Crippen LogP contribution is 2.18. The second-order valence-electron chi connectivity index (χ2n) is 4.57. The van der Waals surface area contributed by atoms with E-state index in [4.69, 9.17) is 10.8 Å². The van der Waals surface area contributed by atoms with Crippen molar-refractivity contribution in [3.63, 3.8) is 0 Å². The Morgan fingerprint density at radius 3 is 2.95 bits per heavy atom. The Morgan fingerprint density at radius 2 is 2.20 bits per heavy atom. The highest BCUT2D eigenvalue weighted by Gasteiger charge is 2.15. The van der Waals surface area contributed by atoms with E-state index in [0.29, 0.717) is 17.7 Å². The number of aromatic nitrogens is 2. The second-order valence-corrected chi connectivity index (χ2v) is 5.49. The molecular weight excluding hydrogens is 276 g/mol. The smallest absolute Gasteiger partial charge is 0.277 e. The van der Waals surface area contributed by atoms with E-state index in [9.17, 15) is 4.79 Å². The van der Waals surface area contributed by atoms with E-state index in [1.807, 2.05) is 0 Å². The Bertz CT molecular complexity index is 477. The molecule has 0 aliphatic carbocycles. The first-order valence-corrected chi connectivity index (χ1v) is 7.64. The summed E-state index contributed by atoms with van der Waals surface area (Å²) in [6, 6.07) is 0. The van der Waals surface area contributed by atoms with Gasteiger partial charge in [-0.3, -0.25) is 9.69 Å². The van der Waals surface area contributed by atoms with Crippen LogP contribution in [0.4, 0.5) is 0 Å². The third-order valence-corrected chi connectivity index (χ3v) is 3.79. The molecule has 1 fully saturated rings. The van der Waals surface area contributed by atoms with E-state index in [1.54, 1.807) is 0 Å². The van der Waals surface area contributed by atoms with Gasteiger partial charge in [-0.2, -0.15) is 0 Å². The lowest BCUT2D eigenvalue weighted by Crippen LogP contribution is -2.29. The van der Waals surface area contributed by atoms with Gasteiger partial charge in [-0.05, 0) is 25.9 Å². The highest BCUT2D eigenvalue weighted by molar-refractivity contribution is 7.99. The highest BCUT2D eigenvalue weighted by atomic mass is 32.2. The second kappa shape index (κ2) is 7.92. The number of nitrogens with one attached hydrogen (secondary N) is 1. The number of thioether (sulfide) groups is 1. The standard InChI is InChI=1S/C13H18N4O2S/c1-2-6-14-11(18)10-20-13-16-15-12(19-13)9-17-7-4-3-5-8-17/h1H,3-10H2,(H,14,18). The third kappa shape index (κ3) is 4.87. The van der Waals surface area contributed by atoms with Gasteiger partial charge in [0.1, 0.15) is 0 Å². The predicted molar refractivity (Wildman–Crippen MR) is 76.0 cm³/mol. The topological polar surface area (TPSA) is 71.3 Å². The molecule has 7 heteroatoms. The lowest BCUT2D eigenvalue weighted by molar-refractivity contribution is -0.118. The van der Waals surface area contributed by atoms with Crippen molar-refractivity contribution in [1.82, 2.24) is 20.4 Å². The molecule has 2 rings (SSSR count). The minimum atomic E-state index is -0.135. The first-order chi connectivity index (χ1) is 9.78. The Morgan fingerprint density at radius 1 is 1.40 bits per heavy atom. The normalized spacial score (nSPS) is 15.8. The Hall–Kier alpha value is -1.52. The summed E-state index contributed by atoms with van der Waals surface area (Å²) >= 11 is 1.22. The Labute approximate surface area is 122 Å². The zero-order chi connectivity index (χ0) is 14.2. The fourth-order valence-corrected chi connectivity index (χ4v) is 2.61. The van der Waals surface area contributed by atoms with Gasteiger partial charge in [-0.1, -0.05) is 24.1 Å². The van der Waals surface area contributed by atoms with E-state index in [0.717, 1.165) is 13.1 Å². The van der Waals surface area contributed by atoms with Crippen molar-refractivity contribution in [2.24, 2.45) is 0 Å². The van der Waals surface area contributed by atoms with Gasteiger partial charge in [0.05, 0.1) is 18.8 Å². The zero-order valence-electron chi connectivity index (χ0n) is 11.3. The molecule has 0 unspecified atom stereocenters. The van der Waals surface area contributed by atoms with Gasteiger partial charge in [-0.15, -0.1) is 16.6 Å². The molecule has 0 saturated carbocycles. The largest absolute Gasteiger partial charge is 0.415 e. The maximum atomic E-state index is 11.4. The number of likely N-dealkylation sites (tertiary alicyclic amines) is 1. The number of nitrogens with zero attached hydrogens (tertiary/aromatic N) is 3. The Kier molecular flexibility index (Phi) is 5.89. The van der Waals surface area contributed by atoms with Gasteiger partial charge in [0, 0.05) is 0 Å².